The zero-order valence-corrected chi connectivity index (χ0v) is 10.0. The van der Waals surface area contributed by atoms with Gasteiger partial charge in [0.2, 0.25) is 5.91 Å². The molecule has 5 heteroatoms. The van der Waals surface area contributed by atoms with E-state index in [1.807, 2.05) is 30.5 Å². The summed E-state index contributed by atoms with van der Waals surface area (Å²) in [5.41, 5.74) is 7.04. The fourth-order valence-corrected chi connectivity index (χ4v) is 1.80. The van der Waals surface area contributed by atoms with Crippen LogP contribution in [0.25, 0.3) is 10.9 Å². The van der Waals surface area contributed by atoms with Gasteiger partial charge in [-0.05, 0) is 31.0 Å². The smallest absolute Gasteiger partial charge is 0.244 e. The topological polar surface area (TPSA) is 70.9 Å². The molecule has 1 aromatic carbocycles. The molecule has 1 saturated carbocycles. The molecule has 2 aromatic rings. The summed E-state index contributed by atoms with van der Waals surface area (Å²) >= 11 is 0. The summed E-state index contributed by atoms with van der Waals surface area (Å²) in [4.78, 5) is 14.9. The third-order valence-electron chi connectivity index (χ3n) is 3.08. The van der Waals surface area contributed by atoms with Gasteiger partial charge in [-0.2, -0.15) is 0 Å². The van der Waals surface area contributed by atoms with E-state index in [1.54, 1.807) is 0 Å². The highest BCUT2D eigenvalue weighted by Gasteiger charge is 2.46. The summed E-state index contributed by atoms with van der Waals surface area (Å²) in [6.07, 6.45) is 3.42. The lowest BCUT2D eigenvalue weighted by atomic mass is 10.2. The highest BCUT2D eigenvalue weighted by Crippen LogP contribution is 2.34. The van der Waals surface area contributed by atoms with Crippen molar-refractivity contribution < 1.29 is 4.79 Å². The van der Waals surface area contributed by atoms with Gasteiger partial charge < -0.3 is 16.0 Å². The summed E-state index contributed by atoms with van der Waals surface area (Å²) < 4.78 is 0. The zero-order valence-electron chi connectivity index (χ0n) is 9.19. The molecule has 1 fully saturated rings. The lowest BCUT2D eigenvalue weighted by Crippen LogP contribution is -2.37. The maximum atomic E-state index is 11.8. The van der Waals surface area contributed by atoms with E-state index in [4.69, 9.17) is 5.73 Å². The standard InChI is InChI=1S/C12H13N3O.ClH/c13-12(5-6-12)11(16)15-10-3-1-2-9-8(10)4-7-14-9;/h1-4,7,14H,5-6,13H2,(H,15,16);1H. The number of hydrogen-bond donors (Lipinski definition) is 3. The van der Waals surface area contributed by atoms with Gasteiger partial charge in [-0.25, -0.2) is 0 Å². The molecular formula is C12H14ClN3O. The first-order valence-electron chi connectivity index (χ1n) is 5.35. The van der Waals surface area contributed by atoms with Crippen molar-refractivity contribution in [1.29, 1.82) is 0 Å². The Labute approximate surface area is 105 Å². The second-order valence-corrected chi connectivity index (χ2v) is 4.35. The predicted molar refractivity (Wildman–Crippen MR) is 70.3 cm³/mol. The molecule has 90 valence electrons. The summed E-state index contributed by atoms with van der Waals surface area (Å²) in [6, 6.07) is 7.71. The van der Waals surface area contributed by atoms with Gasteiger partial charge in [0.25, 0.3) is 0 Å². The Hall–Kier alpha value is -1.52. The van der Waals surface area contributed by atoms with Crippen molar-refractivity contribution in [3.05, 3.63) is 30.5 Å². The molecule has 0 aliphatic heterocycles. The Morgan fingerprint density at radius 1 is 1.35 bits per heavy atom. The number of hydrogen-bond acceptors (Lipinski definition) is 2. The Balaban J connectivity index is 0.00000108. The number of amides is 1. The number of benzene rings is 1. The molecule has 0 atom stereocenters. The van der Waals surface area contributed by atoms with Crippen molar-refractivity contribution >= 4 is 34.9 Å². The first-order valence-corrected chi connectivity index (χ1v) is 5.35. The van der Waals surface area contributed by atoms with E-state index < -0.39 is 5.54 Å². The van der Waals surface area contributed by atoms with Gasteiger partial charge >= 0.3 is 0 Å². The van der Waals surface area contributed by atoms with Crippen LogP contribution >= 0.6 is 12.4 Å². The van der Waals surface area contributed by atoms with Gasteiger partial charge in [-0.15, -0.1) is 12.4 Å². The largest absolute Gasteiger partial charge is 0.361 e. The minimum atomic E-state index is -0.627. The van der Waals surface area contributed by atoms with Gasteiger partial charge in [0.05, 0.1) is 11.2 Å². The molecule has 3 rings (SSSR count). The Bertz CT molecular complexity index is 560. The number of halogens is 1. The molecule has 0 bridgehead atoms. The van der Waals surface area contributed by atoms with E-state index in [-0.39, 0.29) is 18.3 Å². The van der Waals surface area contributed by atoms with E-state index in [9.17, 15) is 4.79 Å². The van der Waals surface area contributed by atoms with Crippen molar-refractivity contribution in [1.82, 2.24) is 4.98 Å². The van der Waals surface area contributed by atoms with Crippen molar-refractivity contribution in [2.75, 3.05) is 5.32 Å². The third kappa shape index (κ3) is 2.01. The average molecular weight is 252 g/mol. The van der Waals surface area contributed by atoms with Gasteiger partial charge in [0, 0.05) is 17.1 Å². The lowest BCUT2D eigenvalue weighted by molar-refractivity contribution is -0.118. The summed E-state index contributed by atoms with van der Waals surface area (Å²) in [7, 11) is 0. The minimum absolute atomic E-state index is 0. The number of fused-ring (bicyclic) bond motifs is 1. The third-order valence-corrected chi connectivity index (χ3v) is 3.08. The van der Waals surface area contributed by atoms with Crippen LogP contribution < -0.4 is 11.1 Å². The van der Waals surface area contributed by atoms with Crippen LogP contribution in [0.3, 0.4) is 0 Å². The maximum absolute atomic E-state index is 11.8. The van der Waals surface area contributed by atoms with Gasteiger partial charge in [-0.3, -0.25) is 4.79 Å². The van der Waals surface area contributed by atoms with E-state index in [0.717, 1.165) is 29.4 Å². The summed E-state index contributed by atoms with van der Waals surface area (Å²) in [5.74, 6) is -0.0822. The number of rotatable bonds is 2. The van der Waals surface area contributed by atoms with Crippen molar-refractivity contribution in [2.24, 2.45) is 5.73 Å². The van der Waals surface area contributed by atoms with Crippen molar-refractivity contribution in [3.63, 3.8) is 0 Å². The predicted octanol–water partition coefficient (Wildman–Crippen LogP) is 2.02. The van der Waals surface area contributed by atoms with E-state index in [1.165, 1.54) is 0 Å². The second-order valence-electron chi connectivity index (χ2n) is 4.35. The molecule has 0 saturated heterocycles. The number of nitrogens with one attached hydrogen (secondary N) is 2. The van der Waals surface area contributed by atoms with Crippen LogP contribution in [-0.2, 0) is 4.79 Å². The van der Waals surface area contributed by atoms with Crippen LogP contribution in [0.5, 0.6) is 0 Å². The Morgan fingerprint density at radius 3 is 2.82 bits per heavy atom. The van der Waals surface area contributed by atoms with Crippen LogP contribution in [0, 0.1) is 0 Å². The molecule has 0 spiro atoms. The lowest BCUT2D eigenvalue weighted by Gasteiger charge is -2.10. The molecule has 0 radical (unpaired) electrons. The van der Waals surface area contributed by atoms with Crippen LogP contribution in [0.1, 0.15) is 12.8 Å². The molecule has 4 nitrogen and oxygen atoms in total. The van der Waals surface area contributed by atoms with E-state index >= 15 is 0 Å². The normalized spacial score (nSPS) is 16.3. The van der Waals surface area contributed by atoms with Crippen LogP contribution in [0.4, 0.5) is 5.69 Å². The number of carbonyl (C=O) groups excluding carboxylic acids is 1. The molecule has 4 N–H and O–H groups in total. The van der Waals surface area contributed by atoms with Gasteiger partial charge in [0.15, 0.2) is 0 Å². The SMILES string of the molecule is Cl.NC1(C(=O)Nc2cccc3[nH]ccc23)CC1. The summed E-state index contributed by atoms with van der Waals surface area (Å²) in [6.45, 7) is 0. The first kappa shape index (κ1) is 12.0. The fraction of sp³-hybridized carbons (Fsp3) is 0.250. The van der Waals surface area contributed by atoms with Crippen LogP contribution in [-0.4, -0.2) is 16.4 Å². The monoisotopic (exact) mass is 251 g/mol. The number of anilines is 1. The minimum Gasteiger partial charge on any atom is -0.361 e. The quantitative estimate of drug-likeness (QED) is 0.764. The fourth-order valence-electron chi connectivity index (χ4n) is 1.80. The number of carbonyl (C=O) groups is 1. The molecule has 1 aliphatic carbocycles. The van der Waals surface area contributed by atoms with Crippen molar-refractivity contribution in [3.8, 4) is 0 Å². The number of aromatic nitrogens is 1. The zero-order chi connectivity index (χ0) is 11.2. The molecule has 1 aliphatic rings. The molecule has 1 heterocycles. The molecule has 1 amide bonds. The van der Waals surface area contributed by atoms with Crippen LogP contribution in [0.15, 0.2) is 30.5 Å². The van der Waals surface area contributed by atoms with Gasteiger partial charge in [-0.1, -0.05) is 6.07 Å². The number of aromatic amines is 1. The number of nitrogens with two attached hydrogens (primary N) is 1. The molecule has 0 unspecified atom stereocenters. The maximum Gasteiger partial charge on any atom is 0.244 e. The summed E-state index contributed by atoms with van der Waals surface area (Å²) in [5, 5.41) is 3.90. The average Bonchev–Trinajstić information content (AvgIpc) is 2.85. The molecule has 1 aromatic heterocycles. The highest BCUT2D eigenvalue weighted by molar-refractivity contribution is 6.05. The Morgan fingerprint density at radius 2 is 2.12 bits per heavy atom. The first-order chi connectivity index (χ1) is 7.69. The molecular weight excluding hydrogens is 238 g/mol. The van der Waals surface area contributed by atoms with E-state index in [0.29, 0.717) is 0 Å². The van der Waals surface area contributed by atoms with Crippen LogP contribution in [0.2, 0.25) is 0 Å². The Kier molecular flexibility index (Phi) is 2.85. The van der Waals surface area contributed by atoms with Gasteiger partial charge in [0.1, 0.15) is 0 Å². The second kappa shape index (κ2) is 4.05. The number of H-pyrrole nitrogens is 1. The highest BCUT2D eigenvalue weighted by atomic mass is 35.5. The van der Waals surface area contributed by atoms with E-state index in [2.05, 4.69) is 10.3 Å². The van der Waals surface area contributed by atoms with Crippen molar-refractivity contribution in [2.45, 2.75) is 18.4 Å². The molecule has 17 heavy (non-hydrogen) atoms.